The van der Waals surface area contributed by atoms with E-state index in [1.807, 2.05) is 36.4 Å². The molecule has 2 N–H and O–H groups in total. The summed E-state index contributed by atoms with van der Waals surface area (Å²) in [4.78, 5) is 38.4. The highest BCUT2D eigenvalue weighted by molar-refractivity contribution is 6.32. The molecule has 178 valence electrons. The molecule has 7 nitrogen and oxygen atoms in total. The van der Waals surface area contributed by atoms with Crippen LogP contribution < -0.4 is 20.5 Å². The van der Waals surface area contributed by atoms with Crippen LogP contribution in [0.2, 0.25) is 5.02 Å². The van der Waals surface area contributed by atoms with Crippen LogP contribution in [0.5, 0.6) is 5.75 Å². The lowest BCUT2D eigenvalue weighted by molar-refractivity contribution is -0.118. The molecule has 4 aromatic rings. The summed E-state index contributed by atoms with van der Waals surface area (Å²) in [5.74, 6) is -1.01. The molecule has 4 aromatic carbocycles. The first kappa shape index (κ1) is 23.1. The Hall–Kier alpha value is -4.62. The molecule has 5 rings (SSSR count). The van der Waals surface area contributed by atoms with Crippen molar-refractivity contribution in [3.63, 3.8) is 0 Å². The summed E-state index contributed by atoms with van der Waals surface area (Å²) in [6.45, 7) is -0.270. The minimum absolute atomic E-state index is 0.0364. The van der Waals surface area contributed by atoms with Crippen molar-refractivity contribution in [2.24, 2.45) is 0 Å². The second-order valence-electron chi connectivity index (χ2n) is 8.02. The fourth-order valence-electron chi connectivity index (χ4n) is 3.88. The fraction of sp³-hybridized carbons (Fsp3) is 0.0357. The van der Waals surface area contributed by atoms with Gasteiger partial charge in [-0.2, -0.15) is 0 Å². The first-order valence-electron chi connectivity index (χ1n) is 11.1. The van der Waals surface area contributed by atoms with E-state index in [9.17, 15) is 14.4 Å². The van der Waals surface area contributed by atoms with Crippen molar-refractivity contribution < 1.29 is 19.1 Å². The fourth-order valence-corrected chi connectivity index (χ4v) is 4.01. The summed E-state index contributed by atoms with van der Waals surface area (Å²) in [7, 11) is 0. The Morgan fingerprint density at radius 3 is 2.42 bits per heavy atom. The molecule has 3 amide bonds. The van der Waals surface area contributed by atoms with Gasteiger partial charge in [-0.3, -0.25) is 19.8 Å². The third kappa shape index (κ3) is 4.78. The molecule has 0 atom stereocenters. The van der Waals surface area contributed by atoms with E-state index in [2.05, 4.69) is 10.7 Å². The predicted octanol–water partition coefficient (Wildman–Crippen LogP) is 4.97. The molecule has 1 saturated heterocycles. The quantitative estimate of drug-likeness (QED) is 0.291. The molecule has 0 radical (unpaired) electrons. The number of amides is 3. The van der Waals surface area contributed by atoms with Crippen LogP contribution in [0.4, 0.5) is 11.4 Å². The molecule has 0 spiro atoms. The highest BCUT2D eigenvalue weighted by atomic mass is 35.5. The Balaban J connectivity index is 1.44. The van der Waals surface area contributed by atoms with Gasteiger partial charge >= 0.3 is 0 Å². The van der Waals surface area contributed by atoms with Crippen LogP contribution in [0, 0.1) is 0 Å². The standard InChI is InChI=1S/C28H20ClN3O4/c29-19-11-13-20(14-12-19)30-26(33)17-36-25-15-10-18-6-4-5-9-22(18)23(25)16-24-27(34)31-32(28(24)35)21-7-2-1-3-8-21/h1-16H,17H2,(H,30,33)(H,31,34)/b24-16-. The highest BCUT2D eigenvalue weighted by Crippen LogP contribution is 2.32. The Kier molecular flexibility index (Phi) is 6.38. The second kappa shape index (κ2) is 9.93. The Labute approximate surface area is 211 Å². The van der Waals surface area contributed by atoms with Gasteiger partial charge in [0.1, 0.15) is 11.3 Å². The minimum atomic E-state index is -0.525. The van der Waals surface area contributed by atoms with E-state index in [4.69, 9.17) is 16.3 Å². The number of nitrogens with one attached hydrogen (secondary N) is 2. The van der Waals surface area contributed by atoms with Crippen LogP contribution in [0.3, 0.4) is 0 Å². The SMILES string of the molecule is O=C(COc1ccc2ccccc2c1/C=C1/C(=O)NN(c2ccccc2)C1=O)Nc1ccc(Cl)cc1. The summed E-state index contributed by atoms with van der Waals surface area (Å²) < 4.78 is 5.86. The number of hydrogen-bond donors (Lipinski definition) is 2. The summed E-state index contributed by atoms with van der Waals surface area (Å²) >= 11 is 5.89. The van der Waals surface area contributed by atoms with E-state index < -0.39 is 11.8 Å². The average molecular weight is 498 g/mol. The van der Waals surface area contributed by atoms with E-state index in [1.54, 1.807) is 54.6 Å². The Morgan fingerprint density at radius 2 is 1.64 bits per heavy atom. The van der Waals surface area contributed by atoms with Gasteiger partial charge in [-0.05, 0) is 59.3 Å². The smallest absolute Gasteiger partial charge is 0.282 e. The molecular weight excluding hydrogens is 478 g/mol. The molecule has 0 aromatic heterocycles. The summed E-state index contributed by atoms with van der Waals surface area (Å²) in [6.07, 6.45) is 1.51. The van der Waals surface area contributed by atoms with E-state index in [-0.39, 0.29) is 18.1 Å². The van der Waals surface area contributed by atoms with Crippen LogP contribution in [0.1, 0.15) is 5.56 Å². The van der Waals surface area contributed by atoms with Crippen molar-refractivity contribution in [2.75, 3.05) is 16.9 Å². The summed E-state index contributed by atoms with van der Waals surface area (Å²) in [5, 5.41) is 6.19. The summed E-state index contributed by atoms with van der Waals surface area (Å²) in [6, 6.07) is 26.7. The lowest BCUT2D eigenvalue weighted by atomic mass is 10.0. The van der Waals surface area contributed by atoms with Gasteiger partial charge < -0.3 is 10.1 Å². The maximum Gasteiger partial charge on any atom is 0.282 e. The van der Waals surface area contributed by atoms with Crippen LogP contribution in [0.15, 0.2) is 96.6 Å². The molecule has 0 bridgehead atoms. The van der Waals surface area contributed by atoms with E-state index in [0.717, 1.165) is 10.8 Å². The number of hydrogen-bond acceptors (Lipinski definition) is 4. The molecule has 1 aliphatic rings. The molecule has 1 fully saturated rings. The zero-order valence-corrected chi connectivity index (χ0v) is 19.7. The molecule has 0 aliphatic carbocycles. The molecular formula is C28H20ClN3O4. The van der Waals surface area contributed by atoms with Gasteiger partial charge in [0, 0.05) is 16.3 Å². The first-order valence-corrected chi connectivity index (χ1v) is 11.5. The number of nitrogens with zero attached hydrogens (tertiary/aromatic N) is 1. The van der Waals surface area contributed by atoms with Gasteiger partial charge in [-0.1, -0.05) is 60.1 Å². The highest BCUT2D eigenvalue weighted by Gasteiger charge is 2.34. The summed E-state index contributed by atoms with van der Waals surface area (Å²) in [5.41, 5.74) is 4.23. The number of hydrazine groups is 1. The predicted molar refractivity (Wildman–Crippen MR) is 140 cm³/mol. The molecule has 1 aliphatic heterocycles. The normalized spacial score (nSPS) is 14.2. The monoisotopic (exact) mass is 497 g/mol. The Morgan fingerprint density at radius 1 is 0.917 bits per heavy atom. The van der Waals surface area contributed by atoms with Gasteiger partial charge in [0.05, 0.1) is 5.69 Å². The van der Waals surface area contributed by atoms with E-state index >= 15 is 0 Å². The van der Waals surface area contributed by atoms with E-state index in [0.29, 0.717) is 27.7 Å². The topological polar surface area (TPSA) is 87.7 Å². The van der Waals surface area contributed by atoms with Gasteiger partial charge in [0.2, 0.25) is 0 Å². The third-order valence-electron chi connectivity index (χ3n) is 5.61. The second-order valence-corrected chi connectivity index (χ2v) is 8.45. The van der Waals surface area contributed by atoms with Crippen molar-refractivity contribution in [2.45, 2.75) is 0 Å². The Bertz CT molecular complexity index is 1500. The van der Waals surface area contributed by atoms with E-state index in [1.165, 1.54) is 11.1 Å². The molecule has 36 heavy (non-hydrogen) atoms. The number of fused-ring (bicyclic) bond motifs is 1. The maximum atomic E-state index is 13.1. The lowest BCUT2D eigenvalue weighted by Crippen LogP contribution is -2.35. The number of carbonyl (C=O) groups excluding carboxylic acids is 3. The van der Waals surface area contributed by atoms with Gasteiger partial charge in [0.15, 0.2) is 6.61 Å². The number of carbonyl (C=O) groups is 3. The maximum absolute atomic E-state index is 13.1. The number of anilines is 2. The van der Waals surface area contributed by atoms with Crippen molar-refractivity contribution >= 4 is 57.5 Å². The van der Waals surface area contributed by atoms with Crippen LogP contribution >= 0.6 is 11.6 Å². The third-order valence-corrected chi connectivity index (χ3v) is 5.86. The zero-order valence-electron chi connectivity index (χ0n) is 18.9. The van der Waals surface area contributed by atoms with Gasteiger partial charge in [-0.25, -0.2) is 5.01 Å². The van der Waals surface area contributed by atoms with Crippen molar-refractivity contribution in [3.8, 4) is 5.75 Å². The first-order chi connectivity index (χ1) is 17.5. The molecule has 0 saturated carbocycles. The molecule has 8 heteroatoms. The van der Waals surface area contributed by atoms with Crippen molar-refractivity contribution in [3.05, 3.63) is 107 Å². The van der Waals surface area contributed by atoms with Gasteiger partial charge in [0.25, 0.3) is 17.7 Å². The molecule has 1 heterocycles. The minimum Gasteiger partial charge on any atom is -0.483 e. The van der Waals surface area contributed by atoms with Crippen molar-refractivity contribution in [1.29, 1.82) is 0 Å². The number of ether oxygens (including phenoxy) is 1. The molecule has 0 unspecified atom stereocenters. The van der Waals surface area contributed by atoms with Crippen LogP contribution in [-0.2, 0) is 14.4 Å². The van der Waals surface area contributed by atoms with Crippen molar-refractivity contribution in [1.82, 2.24) is 5.43 Å². The number of benzene rings is 4. The zero-order chi connectivity index (χ0) is 25.1. The number of rotatable bonds is 6. The number of halogens is 1. The van der Waals surface area contributed by atoms with Crippen LogP contribution in [-0.4, -0.2) is 24.3 Å². The van der Waals surface area contributed by atoms with Crippen LogP contribution in [0.25, 0.3) is 16.8 Å². The lowest BCUT2D eigenvalue weighted by Gasteiger charge is -2.14. The average Bonchev–Trinajstić information content (AvgIpc) is 3.18. The van der Waals surface area contributed by atoms with Gasteiger partial charge in [-0.15, -0.1) is 0 Å². The largest absolute Gasteiger partial charge is 0.483 e. The number of para-hydroxylation sites is 1.